The number of nitrogens with zero attached hydrogens (tertiary/aromatic N) is 2. The second-order valence-corrected chi connectivity index (χ2v) is 6.84. The van der Waals surface area contributed by atoms with E-state index in [1.54, 1.807) is 13.1 Å². The summed E-state index contributed by atoms with van der Waals surface area (Å²) < 4.78 is 26.5. The SMILES string of the molecule is CCCCCCNC(=NC)NCCNS(=O)(=O)c1cccnc1. The van der Waals surface area contributed by atoms with E-state index in [4.69, 9.17) is 0 Å². The highest BCUT2D eigenvalue weighted by Gasteiger charge is 2.12. The summed E-state index contributed by atoms with van der Waals surface area (Å²) in [4.78, 5) is 8.08. The zero-order valence-electron chi connectivity index (χ0n) is 13.9. The van der Waals surface area contributed by atoms with Crippen LogP contribution in [0.5, 0.6) is 0 Å². The van der Waals surface area contributed by atoms with Gasteiger partial charge in [0.25, 0.3) is 0 Å². The van der Waals surface area contributed by atoms with Crippen molar-refractivity contribution in [2.75, 3.05) is 26.7 Å². The summed E-state index contributed by atoms with van der Waals surface area (Å²) in [6.07, 6.45) is 7.62. The van der Waals surface area contributed by atoms with E-state index in [1.165, 1.54) is 37.7 Å². The number of hydrogen-bond donors (Lipinski definition) is 3. The van der Waals surface area contributed by atoms with Gasteiger partial charge in [0, 0.05) is 39.1 Å². The van der Waals surface area contributed by atoms with Crippen molar-refractivity contribution >= 4 is 16.0 Å². The Kier molecular flexibility index (Phi) is 9.23. The average molecular weight is 341 g/mol. The molecule has 0 bridgehead atoms. The summed E-state index contributed by atoms with van der Waals surface area (Å²) in [6.45, 7) is 3.77. The van der Waals surface area contributed by atoms with Crippen LogP contribution in [-0.4, -0.2) is 46.0 Å². The van der Waals surface area contributed by atoms with Crippen LogP contribution in [0.15, 0.2) is 34.4 Å². The van der Waals surface area contributed by atoms with Gasteiger partial charge in [0.15, 0.2) is 5.96 Å². The van der Waals surface area contributed by atoms with Crippen LogP contribution in [0.3, 0.4) is 0 Å². The van der Waals surface area contributed by atoms with Crippen molar-refractivity contribution in [3.05, 3.63) is 24.5 Å². The molecule has 1 rings (SSSR count). The molecule has 8 heteroatoms. The van der Waals surface area contributed by atoms with E-state index >= 15 is 0 Å². The predicted molar refractivity (Wildman–Crippen MR) is 92.9 cm³/mol. The Hall–Kier alpha value is -1.67. The topological polar surface area (TPSA) is 95.5 Å². The molecule has 0 aliphatic heterocycles. The first-order valence-corrected chi connectivity index (χ1v) is 9.42. The molecule has 1 aromatic heterocycles. The number of rotatable bonds is 10. The molecule has 0 saturated carbocycles. The number of hydrogen-bond acceptors (Lipinski definition) is 4. The highest BCUT2D eigenvalue weighted by molar-refractivity contribution is 7.89. The second kappa shape index (κ2) is 11.0. The lowest BCUT2D eigenvalue weighted by molar-refractivity contribution is 0.580. The normalized spacial score (nSPS) is 12.2. The van der Waals surface area contributed by atoms with Gasteiger partial charge in [-0.25, -0.2) is 13.1 Å². The van der Waals surface area contributed by atoms with E-state index in [0.29, 0.717) is 12.5 Å². The van der Waals surface area contributed by atoms with Crippen LogP contribution in [0.4, 0.5) is 0 Å². The Bertz CT molecular complexity index is 560. The Balaban J connectivity index is 2.25. The highest BCUT2D eigenvalue weighted by Crippen LogP contribution is 2.04. The first-order valence-electron chi connectivity index (χ1n) is 7.94. The van der Waals surface area contributed by atoms with Gasteiger partial charge < -0.3 is 10.6 Å². The Labute approximate surface area is 139 Å². The fourth-order valence-corrected chi connectivity index (χ4v) is 2.93. The molecule has 0 amide bonds. The lowest BCUT2D eigenvalue weighted by Gasteiger charge is -2.12. The largest absolute Gasteiger partial charge is 0.356 e. The van der Waals surface area contributed by atoms with E-state index in [1.807, 2.05) is 0 Å². The number of aromatic nitrogens is 1. The number of aliphatic imine (C=N–C) groups is 1. The standard InChI is InChI=1S/C15H27N5O2S/c1-3-4-5-6-10-18-15(16-2)19-11-12-20-23(21,22)14-8-7-9-17-13-14/h7-9,13,20H,3-6,10-12H2,1-2H3,(H2,16,18,19). The van der Waals surface area contributed by atoms with Crippen molar-refractivity contribution in [2.45, 2.75) is 37.5 Å². The molecule has 1 aromatic rings. The Morgan fingerprint density at radius 2 is 1.96 bits per heavy atom. The van der Waals surface area contributed by atoms with Crippen LogP contribution >= 0.6 is 0 Å². The zero-order chi connectivity index (χ0) is 17.0. The van der Waals surface area contributed by atoms with E-state index < -0.39 is 10.0 Å². The maximum absolute atomic E-state index is 12.0. The van der Waals surface area contributed by atoms with Crippen LogP contribution < -0.4 is 15.4 Å². The minimum Gasteiger partial charge on any atom is -0.356 e. The smallest absolute Gasteiger partial charge is 0.242 e. The third kappa shape index (κ3) is 7.94. The van der Waals surface area contributed by atoms with Crippen molar-refractivity contribution in [1.29, 1.82) is 0 Å². The second-order valence-electron chi connectivity index (χ2n) is 5.07. The molecule has 0 aromatic carbocycles. The number of unbranched alkanes of at least 4 members (excludes halogenated alkanes) is 3. The molecule has 0 atom stereocenters. The van der Waals surface area contributed by atoms with Gasteiger partial charge in [0.1, 0.15) is 4.90 Å². The van der Waals surface area contributed by atoms with Crippen LogP contribution in [0.25, 0.3) is 0 Å². The van der Waals surface area contributed by atoms with Gasteiger partial charge in [-0.15, -0.1) is 0 Å². The molecular formula is C15H27N5O2S. The first kappa shape index (κ1) is 19.4. The van der Waals surface area contributed by atoms with Gasteiger partial charge in [0.05, 0.1) is 0 Å². The zero-order valence-corrected chi connectivity index (χ0v) is 14.7. The summed E-state index contributed by atoms with van der Waals surface area (Å²) in [5.74, 6) is 0.682. The molecule has 0 fully saturated rings. The van der Waals surface area contributed by atoms with Gasteiger partial charge in [-0.1, -0.05) is 26.2 Å². The summed E-state index contributed by atoms with van der Waals surface area (Å²) in [5, 5.41) is 6.29. The van der Waals surface area contributed by atoms with Crippen molar-refractivity contribution in [3.8, 4) is 0 Å². The molecule has 3 N–H and O–H groups in total. The number of sulfonamides is 1. The predicted octanol–water partition coefficient (Wildman–Crippen LogP) is 1.11. The molecular weight excluding hydrogens is 314 g/mol. The van der Waals surface area contributed by atoms with Crippen molar-refractivity contribution in [1.82, 2.24) is 20.3 Å². The molecule has 0 aliphatic carbocycles. The van der Waals surface area contributed by atoms with Crippen LogP contribution in [0.1, 0.15) is 32.6 Å². The number of nitrogens with one attached hydrogen (secondary N) is 3. The molecule has 1 heterocycles. The molecule has 0 saturated heterocycles. The Morgan fingerprint density at radius 3 is 2.61 bits per heavy atom. The highest BCUT2D eigenvalue weighted by atomic mass is 32.2. The summed E-state index contributed by atoms with van der Waals surface area (Å²) >= 11 is 0. The van der Waals surface area contributed by atoms with Gasteiger partial charge >= 0.3 is 0 Å². The molecule has 0 spiro atoms. The molecule has 0 aliphatic rings. The fraction of sp³-hybridized carbons (Fsp3) is 0.600. The minimum atomic E-state index is -3.50. The average Bonchev–Trinajstić information content (AvgIpc) is 2.57. The third-order valence-electron chi connectivity index (χ3n) is 3.20. The van der Waals surface area contributed by atoms with E-state index in [9.17, 15) is 8.42 Å². The van der Waals surface area contributed by atoms with Gasteiger partial charge in [-0.2, -0.15) is 0 Å². The van der Waals surface area contributed by atoms with Crippen LogP contribution in [0, 0.1) is 0 Å². The monoisotopic (exact) mass is 341 g/mol. The van der Waals surface area contributed by atoms with E-state index in [-0.39, 0.29) is 11.4 Å². The van der Waals surface area contributed by atoms with Crippen LogP contribution in [0.2, 0.25) is 0 Å². The lowest BCUT2D eigenvalue weighted by Crippen LogP contribution is -2.41. The molecule has 7 nitrogen and oxygen atoms in total. The lowest BCUT2D eigenvalue weighted by atomic mass is 10.2. The summed E-state index contributed by atoms with van der Waals surface area (Å²) in [5.41, 5.74) is 0. The first-order chi connectivity index (χ1) is 11.1. The number of guanidine groups is 1. The van der Waals surface area contributed by atoms with Gasteiger partial charge in [0.2, 0.25) is 10.0 Å². The molecule has 0 unspecified atom stereocenters. The van der Waals surface area contributed by atoms with Gasteiger partial charge in [-0.3, -0.25) is 9.98 Å². The maximum Gasteiger partial charge on any atom is 0.242 e. The van der Waals surface area contributed by atoms with Gasteiger partial charge in [-0.05, 0) is 18.6 Å². The van der Waals surface area contributed by atoms with Crippen LogP contribution in [-0.2, 0) is 10.0 Å². The maximum atomic E-state index is 12.0. The molecule has 0 radical (unpaired) electrons. The summed E-state index contributed by atoms with van der Waals surface area (Å²) in [6, 6.07) is 3.11. The molecule has 130 valence electrons. The third-order valence-corrected chi connectivity index (χ3v) is 4.65. The fourth-order valence-electron chi connectivity index (χ4n) is 1.93. The van der Waals surface area contributed by atoms with Crippen molar-refractivity contribution in [2.24, 2.45) is 4.99 Å². The van der Waals surface area contributed by atoms with E-state index in [2.05, 4.69) is 32.3 Å². The quantitative estimate of drug-likeness (QED) is 0.336. The number of pyridine rings is 1. The summed E-state index contributed by atoms with van der Waals surface area (Å²) in [7, 11) is -1.81. The van der Waals surface area contributed by atoms with E-state index in [0.717, 1.165) is 13.0 Å². The Morgan fingerprint density at radius 1 is 1.17 bits per heavy atom. The van der Waals surface area contributed by atoms with Crippen molar-refractivity contribution in [3.63, 3.8) is 0 Å². The molecule has 23 heavy (non-hydrogen) atoms. The minimum absolute atomic E-state index is 0.165. The van der Waals surface area contributed by atoms with Crippen molar-refractivity contribution < 1.29 is 8.42 Å².